The van der Waals surface area contributed by atoms with E-state index >= 15 is 0 Å². The number of halogens is 1. The fourth-order valence-electron chi connectivity index (χ4n) is 1.54. The molecule has 0 unspecified atom stereocenters. The molecular weight excluding hydrogens is 327 g/mol. The molecule has 0 amide bonds. The van der Waals surface area contributed by atoms with Crippen molar-refractivity contribution in [2.75, 3.05) is 6.54 Å². The van der Waals surface area contributed by atoms with E-state index in [0.717, 1.165) is 36.5 Å². The Morgan fingerprint density at radius 2 is 2.06 bits per heavy atom. The molecule has 2 rings (SSSR count). The van der Waals surface area contributed by atoms with Crippen molar-refractivity contribution >= 4 is 22.6 Å². The van der Waals surface area contributed by atoms with Crippen LogP contribution in [0, 0.1) is 3.57 Å². The second-order valence-electron chi connectivity index (χ2n) is 3.87. The van der Waals surface area contributed by atoms with Gasteiger partial charge in [-0.15, -0.1) is 0 Å². The Morgan fingerprint density at radius 3 is 2.76 bits per heavy atom. The zero-order valence-corrected chi connectivity index (χ0v) is 11.9. The van der Waals surface area contributed by atoms with E-state index in [1.807, 2.05) is 18.2 Å². The Labute approximate surface area is 115 Å². The Morgan fingerprint density at radius 1 is 1.29 bits per heavy atom. The van der Waals surface area contributed by atoms with Crippen LogP contribution in [0.15, 0.2) is 34.9 Å². The van der Waals surface area contributed by atoms with Crippen LogP contribution in [0.25, 0.3) is 11.3 Å². The van der Waals surface area contributed by atoms with Crippen LogP contribution in [-0.4, -0.2) is 11.7 Å². The molecule has 4 heteroatoms. The standard InChI is InChI=1S/C13H15IN2O/c1-2-7-15-9-12-8-13(17-16-12)10-3-5-11(14)6-4-10/h3-6,8,15H,2,7,9H2,1H3. The summed E-state index contributed by atoms with van der Waals surface area (Å²) in [6.45, 7) is 3.92. The summed E-state index contributed by atoms with van der Waals surface area (Å²) in [5.41, 5.74) is 2.02. The van der Waals surface area contributed by atoms with Crippen LogP contribution in [0.2, 0.25) is 0 Å². The highest BCUT2D eigenvalue weighted by Gasteiger charge is 2.05. The molecular formula is C13H15IN2O. The number of hydrogen-bond donors (Lipinski definition) is 1. The molecule has 0 aliphatic heterocycles. The lowest BCUT2D eigenvalue weighted by Crippen LogP contribution is -2.13. The Balaban J connectivity index is 2.04. The van der Waals surface area contributed by atoms with E-state index in [1.165, 1.54) is 3.57 Å². The molecule has 0 fully saturated rings. The number of hydrogen-bond acceptors (Lipinski definition) is 3. The molecule has 1 heterocycles. The lowest BCUT2D eigenvalue weighted by molar-refractivity contribution is 0.420. The van der Waals surface area contributed by atoms with Crippen LogP contribution in [-0.2, 0) is 6.54 Å². The largest absolute Gasteiger partial charge is 0.356 e. The van der Waals surface area contributed by atoms with E-state index in [2.05, 4.69) is 52.1 Å². The molecule has 1 N–H and O–H groups in total. The van der Waals surface area contributed by atoms with E-state index in [9.17, 15) is 0 Å². The highest BCUT2D eigenvalue weighted by molar-refractivity contribution is 14.1. The second-order valence-corrected chi connectivity index (χ2v) is 5.11. The predicted molar refractivity (Wildman–Crippen MR) is 76.7 cm³/mol. The number of benzene rings is 1. The van der Waals surface area contributed by atoms with Gasteiger partial charge in [0.15, 0.2) is 5.76 Å². The molecule has 2 aromatic rings. The molecule has 0 saturated carbocycles. The van der Waals surface area contributed by atoms with Crippen molar-refractivity contribution in [2.24, 2.45) is 0 Å². The molecule has 1 aromatic carbocycles. The van der Waals surface area contributed by atoms with E-state index in [4.69, 9.17) is 4.52 Å². The molecule has 17 heavy (non-hydrogen) atoms. The van der Waals surface area contributed by atoms with Crippen LogP contribution in [0.4, 0.5) is 0 Å². The van der Waals surface area contributed by atoms with Crippen molar-refractivity contribution in [1.82, 2.24) is 10.5 Å². The fraction of sp³-hybridized carbons (Fsp3) is 0.308. The zero-order chi connectivity index (χ0) is 12.1. The quantitative estimate of drug-likeness (QED) is 0.668. The van der Waals surface area contributed by atoms with Crippen molar-refractivity contribution in [1.29, 1.82) is 0 Å². The van der Waals surface area contributed by atoms with Crippen LogP contribution in [0.3, 0.4) is 0 Å². The minimum Gasteiger partial charge on any atom is -0.356 e. The van der Waals surface area contributed by atoms with Crippen molar-refractivity contribution < 1.29 is 4.52 Å². The summed E-state index contributed by atoms with van der Waals surface area (Å²) < 4.78 is 6.55. The lowest BCUT2D eigenvalue weighted by Gasteiger charge is -1.96. The first kappa shape index (κ1) is 12.6. The van der Waals surface area contributed by atoms with Crippen LogP contribution < -0.4 is 5.32 Å². The SMILES string of the molecule is CCCNCc1cc(-c2ccc(I)cc2)on1. The number of aromatic nitrogens is 1. The first-order chi connectivity index (χ1) is 8.29. The van der Waals surface area contributed by atoms with Gasteiger partial charge in [-0.2, -0.15) is 0 Å². The van der Waals surface area contributed by atoms with Gasteiger partial charge in [-0.3, -0.25) is 0 Å². The average molecular weight is 342 g/mol. The molecule has 0 spiro atoms. The summed E-state index contributed by atoms with van der Waals surface area (Å²) in [7, 11) is 0. The summed E-state index contributed by atoms with van der Waals surface area (Å²) in [5, 5.41) is 7.35. The molecule has 0 bridgehead atoms. The van der Waals surface area contributed by atoms with E-state index in [1.54, 1.807) is 0 Å². The first-order valence-corrected chi connectivity index (χ1v) is 6.79. The maximum Gasteiger partial charge on any atom is 0.167 e. The molecule has 0 aliphatic carbocycles. The van der Waals surface area contributed by atoms with Gasteiger partial charge in [0.1, 0.15) is 0 Å². The second kappa shape index (κ2) is 6.16. The Hall–Kier alpha value is -0.880. The predicted octanol–water partition coefficient (Wildman–Crippen LogP) is 3.45. The highest BCUT2D eigenvalue weighted by Crippen LogP contribution is 2.21. The number of rotatable bonds is 5. The van der Waals surface area contributed by atoms with Crippen molar-refractivity contribution in [3.8, 4) is 11.3 Å². The third kappa shape index (κ3) is 3.54. The van der Waals surface area contributed by atoms with Gasteiger partial charge in [-0.25, -0.2) is 0 Å². The van der Waals surface area contributed by atoms with E-state index in [0.29, 0.717) is 0 Å². The first-order valence-electron chi connectivity index (χ1n) is 5.72. The monoisotopic (exact) mass is 342 g/mol. The number of nitrogens with one attached hydrogen (secondary N) is 1. The van der Waals surface area contributed by atoms with Gasteiger partial charge in [0, 0.05) is 21.7 Å². The normalized spacial score (nSPS) is 10.7. The van der Waals surface area contributed by atoms with Gasteiger partial charge in [0.2, 0.25) is 0 Å². The molecule has 0 radical (unpaired) electrons. The molecule has 0 atom stereocenters. The van der Waals surface area contributed by atoms with Gasteiger partial charge in [-0.1, -0.05) is 24.2 Å². The topological polar surface area (TPSA) is 38.1 Å². The van der Waals surface area contributed by atoms with Crippen LogP contribution >= 0.6 is 22.6 Å². The van der Waals surface area contributed by atoms with Gasteiger partial charge in [0.25, 0.3) is 0 Å². The van der Waals surface area contributed by atoms with Gasteiger partial charge < -0.3 is 9.84 Å². The molecule has 1 aromatic heterocycles. The van der Waals surface area contributed by atoms with Gasteiger partial charge >= 0.3 is 0 Å². The minimum absolute atomic E-state index is 0.766. The maximum atomic E-state index is 5.33. The van der Waals surface area contributed by atoms with Crippen LogP contribution in [0.1, 0.15) is 19.0 Å². The average Bonchev–Trinajstić information content (AvgIpc) is 2.79. The third-order valence-electron chi connectivity index (χ3n) is 2.42. The van der Waals surface area contributed by atoms with Crippen molar-refractivity contribution in [3.05, 3.63) is 39.6 Å². The molecule has 3 nitrogen and oxygen atoms in total. The van der Waals surface area contributed by atoms with Gasteiger partial charge in [-0.05, 0) is 47.7 Å². The summed E-state index contributed by atoms with van der Waals surface area (Å²) in [6.07, 6.45) is 1.13. The van der Waals surface area contributed by atoms with Crippen molar-refractivity contribution in [2.45, 2.75) is 19.9 Å². The van der Waals surface area contributed by atoms with Crippen molar-refractivity contribution in [3.63, 3.8) is 0 Å². The molecule has 0 aliphatic rings. The maximum absolute atomic E-state index is 5.33. The smallest absolute Gasteiger partial charge is 0.167 e. The lowest BCUT2D eigenvalue weighted by atomic mass is 10.2. The minimum atomic E-state index is 0.766. The Kier molecular flexibility index (Phi) is 4.56. The fourth-order valence-corrected chi connectivity index (χ4v) is 1.90. The molecule has 90 valence electrons. The number of nitrogens with zero attached hydrogens (tertiary/aromatic N) is 1. The summed E-state index contributed by atoms with van der Waals surface area (Å²) in [5.74, 6) is 0.828. The summed E-state index contributed by atoms with van der Waals surface area (Å²) >= 11 is 2.29. The summed E-state index contributed by atoms with van der Waals surface area (Å²) in [6, 6.07) is 10.2. The zero-order valence-electron chi connectivity index (χ0n) is 9.74. The highest BCUT2D eigenvalue weighted by atomic mass is 127. The van der Waals surface area contributed by atoms with Gasteiger partial charge in [0.05, 0.1) is 5.69 Å². The van der Waals surface area contributed by atoms with E-state index in [-0.39, 0.29) is 0 Å². The third-order valence-corrected chi connectivity index (χ3v) is 3.14. The van der Waals surface area contributed by atoms with E-state index < -0.39 is 0 Å². The summed E-state index contributed by atoms with van der Waals surface area (Å²) in [4.78, 5) is 0. The molecule has 0 saturated heterocycles. The Bertz CT molecular complexity index is 465. The van der Waals surface area contributed by atoms with Crippen LogP contribution in [0.5, 0.6) is 0 Å².